The largest absolute Gasteiger partial charge is 0.395 e. The summed E-state index contributed by atoms with van der Waals surface area (Å²) in [5, 5.41) is 4.27. The summed E-state index contributed by atoms with van der Waals surface area (Å²) in [6, 6.07) is 0. The molecular formula is C13H18N2OS. The van der Waals surface area contributed by atoms with Crippen LogP contribution in [0.15, 0.2) is 4.52 Å². The normalized spacial score (nSPS) is 17.9. The Morgan fingerprint density at radius 1 is 1.35 bits per heavy atom. The first-order valence-electron chi connectivity index (χ1n) is 6.47. The quantitative estimate of drug-likeness (QED) is 0.873. The number of anilines is 1. The number of hydrogen-bond donors (Lipinski definition) is 1. The Kier molecular flexibility index (Phi) is 2.82. The number of nitrogens with zero attached hydrogens (tertiary/aromatic N) is 1. The fraction of sp³-hybridized carbons (Fsp3) is 0.615. The Morgan fingerprint density at radius 2 is 2.12 bits per heavy atom. The van der Waals surface area contributed by atoms with E-state index in [0.29, 0.717) is 5.92 Å². The van der Waals surface area contributed by atoms with Gasteiger partial charge in [0.1, 0.15) is 10.4 Å². The summed E-state index contributed by atoms with van der Waals surface area (Å²) in [6.07, 6.45) is 7.48. The number of nitrogen functional groups attached to an aromatic ring is 1. The molecule has 0 aromatic carbocycles. The van der Waals surface area contributed by atoms with Crippen LogP contribution in [0.5, 0.6) is 0 Å². The van der Waals surface area contributed by atoms with Crippen molar-refractivity contribution in [3.8, 4) is 0 Å². The Balaban J connectivity index is 2.04. The molecule has 2 aromatic rings. The number of rotatable bonds is 2. The third-order valence-corrected chi connectivity index (χ3v) is 5.11. The van der Waals surface area contributed by atoms with Gasteiger partial charge in [-0.15, -0.1) is 11.3 Å². The Hall–Kier alpha value is -1.03. The van der Waals surface area contributed by atoms with Gasteiger partial charge in [-0.25, -0.2) is 0 Å². The maximum absolute atomic E-state index is 6.07. The van der Waals surface area contributed by atoms with E-state index >= 15 is 0 Å². The summed E-state index contributed by atoms with van der Waals surface area (Å²) >= 11 is 1.77. The highest BCUT2D eigenvalue weighted by Gasteiger charge is 2.24. The summed E-state index contributed by atoms with van der Waals surface area (Å²) in [6.45, 7) is 2.13. The Labute approximate surface area is 105 Å². The first-order valence-corrected chi connectivity index (χ1v) is 7.29. The van der Waals surface area contributed by atoms with Crippen LogP contribution in [0.1, 0.15) is 55.5 Å². The van der Waals surface area contributed by atoms with Crippen molar-refractivity contribution in [3.05, 3.63) is 10.6 Å². The molecule has 0 amide bonds. The molecule has 0 aliphatic heterocycles. The highest BCUT2D eigenvalue weighted by molar-refractivity contribution is 7.19. The fourth-order valence-electron chi connectivity index (χ4n) is 2.77. The molecule has 2 N–H and O–H groups in total. The second-order valence-electron chi connectivity index (χ2n) is 4.85. The van der Waals surface area contributed by atoms with Gasteiger partial charge in [-0.3, -0.25) is 0 Å². The zero-order chi connectivity index (χ0) is 11.8. The zero-order valence-corrected chi connectivity index (χ0v) is 11.0. The minimum Gasteiger partial charge on any atom is -0.395 e. The van der Waals surface area contributed by atoms with Crippen molar-refractivity contribution in [1.82, 2.24) is 5.16 Å². The van der Waals surface area contributed by atoms with E-state index in [0.717, 1.165) is 23.4 Å². The standard InChI is InChI=1S/C13H18N2OS/c1-2-9-10(14)12-13(17-9)11(15-16-12)8-6-4-3-5-7-8/h8H,2-7,14H2,1H3. The minimum atomic E-state index is 0.591. The predicted molar refractivity (Wildman–Crippen MR) is 71.5 cm³/mol. The average Bonchev–Trinajstić information content (AvgIpc) is 2.91. The summed E-state index contributed by atoms with van der Waals surface area (Å²) < 4.78 is 6.65. The molecule has 4 heteroatoms. The third kappa shape index (κ3) is 1.75. The smallest absolute Gasteiger partial charge is 0.201 e. The van der Waals surface area contributed by atoms with Crippen LogP contribution >= 0.6 is 11.3 Å². The lowest BCUT2D eigenvalue weighted by Gasteiger charge is -2.18. The fourth-order valence-corrected chi connectivity index (χ4v) is 3.91. The molecule has 2 aromatic heterocycles. The molecule has 0 atom stereocenters. The van der Waals surface area contributed by atoms with Gasteiger partial charge in [0.2, 0.25) is 5.58 Å². The Bertz CT molecular complexity index is 523. The molecular weight excluding hydrogens is 232 g/mol. The molecule has 0 radical (unpaired) electrons. The van der Waals surface area contributed by atoms with Crippen LogP contribution in [0.3, 0.4) is 0 Å². The van der Waals surface area contributed by atoms with E-state index in [2.05, 4.69) is 12.1 Å². The van der Waals surface area contributed by atoms with Crippen molar-refractivity contribution < 1.29 is 4.52 Å². The molecule has 0 unspecified atom stereocenters. The second-order valence-corrected chi connectivity index (χ2v) is 5.96. The molecule has 0 saturated heterocycles. The maximum atomic E-state index is 6.07. The van der Waals surface area contributed by atoms with Crippen LogP contribution in [0, 0.1) is 0 Å². The number of aromatic nitrogens is 1. The van der Waals surface area contributed by atoms with Gasteiger partial charge in [-0.2, -0.15) is 0 Å². The van der Waals surface area contributed by atoms with Gasteiger partial charge in [-0.1, -0.05) is 31.3 Å². The van der Waals surface area contributed by atoms with Crippen LogP contribution in [0.4, 0.5) is 5.69 Å². The number of fused-ring (bicyclic) bond motifs is 1. The second kappa shape index (κ2) is 4.33. The van der Waals surface area contributed by atoms with Crippen LogP contribution in [-0.2, 0) is 6.42 Å². The van der Waals surface area contributed by atoms with Crippen molar-refractivity contribution in [2.24, 2.45) is 0 Å². The minimum absolute atomic E-state index is 0.591. The number of thiophene rings is 1. The molecule has 3 nitrogen and oxygen atoms in total. The topological polar surface area (TPSA) is 52.0 Å². The van der Waals surface area contributed by atoms with E-state index in [4.69, 9.17) is 10.3 Å². The van der Waals surface area contributed by atoms with E-state index < -0.39 is 0 Å². The lowest BCUT2D eigenvalue weighted by molar-refractivity contribution is 0.396. The summed E-state index contributed by atoms with van der Waals surface area (Å²) in [7, 11) is 0. The molecule has 1 aliphatic rings. The lowest BCUT2D eigenvalue weighted by atomic mass is 9.87. The molecule has 1 aliphatic carbocycles. The van der Waals surface area contributed by atoms with Gasteiger partial charge in [0.05, 0.1) is 5.69 Å². The highest BCUT2D eigenvalue weighted by Crippen LogP contribution is 2.42. The van der Waals surface area contributed by atoms with Gasteiger partial charge in [0, 0.05) is 10.8 Å². The SMILES string of the molecule is CCc1sc2c(C3CCCCC3)noc2c1N. The summed E-state index contributed by atoms with van der Waals surface area (Å²) in [5.74, 6) is 0.591. The first-order chi connectivity index (χ1) is 8.31. The lowest BCUT2D eigenvalue weighted by Crippen LogP contribution is -2.04. The van der Waals surface area contributed by atoms with Crippen molar-refractivity contribution in [2.75, 3.05) is 5.73 Å². The van der Waals surface area contributed by atoms with Crippen molar-refractivity contribution in [3.63, 3.8) is 0 Å². The van der Waals surface area contributed by atoms with Crippen molar-refractivity contribution >= 4 is 27.3 Å². The first kappa shape index (κ1) is 11.1. The van der Waals surface area contributed by atoms with Crippen LogP contribution < -0.4 is 5.73 Å². The molecule has 3 rings (SSSR count). The molecule has 0 spiro atoms. The van der Waals surface area contributed by atoms with E-state index in [-0.39, 0.29) is 0 Å². The maximum Gasteiger partial charge on any atom is 0.201 e. The molecule has 0 bridgehead atoms. The molecule has 1 saturated carbocycles. The monoisotopic (exact) mass is 250 g/mol. The van der Waals surface area contributed by atoms with Crippen molar-refractivity contribution in [1.29, 1.82) is 0 Å². The molecule has 92 valence electrons. The van der Waals surface area contributed by atoms with Gasteiger partial charge in [-0.05, 0) is 19.3 Å². The van der Waals surface area contributed by atoms with Crippen molar-refractivity contribution in [2.45, 2.75) is 51.4 Å². The van der Waals surface area contributed by atoms with Gasteiger partial charge in [0.15, 0.2) is 0 Å². The predicted octanol–water partition coefficient (Wildman–Crippen LogP) is 4.08. The van der Waals surface area contributed by atoms with Gasteiger partial charge < -0.3 is 10.3 Å². The molecule has 2 heterocycles. The van der Waals surface area contributed by atoms with Crippen LogP contribution in [-0.4, -0.2) is 5.16 Å². The van der Waals surface area contributed by atoms with Crippen LogP contribution in [0.2, 0.25) is 0 Å². The highest BCUT2D eigenvalue weighted by atomic mass is 32.1. The van der Waals surface area contributed by atoms with E-state index in [9.17, 15) is 0 Å². The third-order valence-electron chi connectivity index (χ3n) is 3.76. The summed E-state index contributed by atoms with van der Waals surface area (Å²) in [4.78, 5) is 1.23. The van der Waals surface area contributed by atoms with E-state index in [1.807, 2.05) is 0 Å². The van der Waals surface area contributed by atoms with Gasteiger partial charge in [0.25, 0.3) is 0 Å². The average molecular weight is 250 g/mol. The molecule has 1 fully saturated rings. The van der Waals surface area contributed by atoms with Crippen LogP contribution in [0.25, 0.3) is 10.3 Å². The van der Waals surface area contributed by atoms with Gasteiger partial charge >= 0.3 is 0 Å². The Morgan fingerprint density at radius 3 is 2.82 bits per heavy atom. The number of hydrogen-bond acceptors (Lipinski definition) is 4. The van der Waals surface area contributed by atoms with E-state index in [1.54, 1.807) is 11.3 Å². The molecule has 17 heavy (non-hydrogen) atoms. The summed E-state index contributed by atoms with van der Waals surface area (Å²) in [5.41, 5.74) is 8.87. The van der Waals surface area contributed by atoms with E-state index in [1.165, 1.54) is 41.7 Å². The number of aryl methyl sites for hydroxylation is 1. The zero-order valence-electron chi connectivity index (χ0n) is 10.2. The number of nitrogens with two attached hydrogens (primary N) is 1.